The molecule has 1 aromatic heterocycles. The van der Waals surface area contributed by atoms with E-state index < -0.39 is 0 Å². The van der Waals surface area contributed by atoms with Crippen molar-refractivity contribution in [2.75, 3.05) is 0 Å². The van der Waals surface area contributed by atoms with Crippen LogP contribution in [0.5, 0.6) is 11.5 Å². The van der Waals surface area contributed by atoms with Gasteiger partial charge in [0.2, 0.25) is 0 Å². The number of thiophene rings is 1. The van der Waals surface area contributed by atoms with Gasteiger partial charge in [0.05, 0.1) is 0 Å². The molecule has 0 saturated heterocycles. The second-order valence-corrected chi connectivity index (χ2v) is 12.7. The molecule has 44 heavy (non-hydrogen) atoms. The van der Waals surface area contributed by atoms with Crippen LogP contribution in [0.4, 0.5) is 0 Å². The summed E-state index contributed by atoms with van der Waals surface area (Å²) < 4.78 is 9.27. The van der Waals surface area contributed by atoms with Gasteiger partial charge in [0, 0.05) is 31.1 Å². The fourth-order valence-corrected chi connectivity index (χ4v) is 8.40. The van der Waals surface area contributed by atoms with Crippen molar-refractivity contribution in [3.63, 3.8) is 0 Å². The molecule has 0 amide bonds. The van der Waals surface area contributed by atoms with Gasteiger partial charge in [-0.3, -0.25) is 0 Å². The van der Waals surface area contributed by atoms with E-state index in [0.717, 1.165) is 17.1 Å². The third-order valence-electron chi connectivity index (χ3n) is 9.27. The highest BCUT2D eigenvalue weighted by molar-refractivity contribution is 7.25. The van der Waals surface area contributed by atoms with E-state index in [9.17, 15) is 0 Å². The van der Waals surface area contributed by atoms with E-state index in [-0.39, 0.29) is 0 Å². The van der Waals surface area contributed by atoms with Crippen LogP contribution in [-0.4, -0.2) is 0 Å². The normalized spacial score (nSPS) is 12.3. The number of fused-ring (bicyclic) bond motifs is 7. The second kappa shape index (κ2) is 9.03. The number of rotatable bonds is 2. The van der Waals surface area contributed by atoms with Crippen LogP contribution in [0.3, 0.4) is 0 Å². The summed E-state index contributed by atoms with van der Waals surface area (Å²) in [6.45, 7) is 0. The molecule has 0 saturated carbocycles. The van der Waals surface area contributed by atoms with E-state index in [1.165, 1.54) is 80.3 Å². The van der Waals surface area contributed by atoms with Crippen molar-refractivity contribution in [2.24, 2.45) is 0 Å². The quantitative estimate of drug-likeness (QED) is 0.199. The molecule has 1 aliphatic heterocycles. The summed E-state index contributed by atoms with van der Waals surface area (Å²) in [5, 5.41) is 10.00. The summed E-state index contributed by atoms with van der Waals surface area (Å²) in [4.78, 5) is 0. The zero-order valence-electron chi connectivity index (χ0n) is 23.7. The minimum absolute atomic E-state index is 0.921. The molecule has 2 heterocycles. The third-order valence-corrected chi connectivity index (χ3v) is 10.4. The molecule has 0 atom stereocenters. The van der Waals surface area contributed by atoms with Crippen LogP contribution >= 0.6 is 11.3 Å². The average Bonchev–Trinajstić information content (AvgIpc) is 3.44. The first-order chi connectivity index (χ1) is 21.8. The molecule has 8 aromatic carbocycles. The molecule has 0 unspecified atom stereocenters. The van der Waals surface area contributed by atoms with Crippen LogP contribution in [0.2, 0.25) is 0 Å². The minimum Gasteiger partial charge on any atom is -0.456 e. The Hall–Kier alpha value is -5.44. The molecule has 0 radical (unpaired) electrons. The van der Waals surface area contributed by atoms with E-state index in [1.807, 2.05) is 11.3 Å². The lowest BCUT2D eigenvalue weighted by atomic mass is 9.88. The van der Waals surface area contributed by atoms with Crippen molar-refractivity contribution in [3.05, 3.63) is 146 Å². The standard InChI is InChI=1S/C42H24OS/c1-3-12-28-25(8-1)10-5-14-30(28)27-18-19-33-37-23-39-36(24-41(37)44-40(33)22-27)35-21-20-32(34-16-7-17-38(43-39)42(34)35)31-15-6-11-26-9-2-4-13-29(26)31/h1-24H. The first-order valence-corrected chi connectivity index (χ1v) is 15.8. The first kappa shape index (κ1) is 24.0. The van der Waals surface area contributed by atoms with Crippen molar-refractivity contribution < 1.29 is 4.74 Å². The minimum atomic E-state index is 0.921. The lowest BCUT2D eigenvalue weighted by Gasteiger charge is -2.23. The Labute approximate surface area is 258 Å². The third kappa shape index (κ3) is 3.40. The highest BCUT2D eigenvalue weighted by Gasteiger charge is 2.24. The molecular weight excluding hydrogens is 553 g/mol. The van der Waals surface area contributed by atoms with E-state index in [2.05, 4.69) is 146 Å². The maximum Gasteiger partial charge on any atom is 0.136 e. The van der Waals surface area contributed by atoms with Gasteiger partial charge in [0.1, 0.15) is 11.5 Å². The van der Waals surface area contributed by atoms with Crippen molar-refractivity contribution in [3.8, 4) is 44.9 Å². The zero-order valence-corrected chi connectivity index (χ0v) is 24.5. The molecular formula is C42H24OS. The highest BCUT2D eigenvalue weighted by atomic mass is 32.1. The van der Waals surface area contributed by atoms with Gasteiger partial charge in [-0.05, 0) is 79.0 Å². The number of benzene rings is 8. The molecule has 0 bridgehead atoms. The maximum absolute atomic E-state index is 6.70. The van der Waals surface area contributed by atoms with Crippen molar-refractivity contribution in [1.82, 2.24) is 0 Å². The molecule has 0 aliphatic carbocycles. The van der Waals surface area contributed by atoms with Crippen LogP contribution < -0.4 is 4.74 Å². The van der Waals surface area contributed by atoms with E-state index in [0.29, 0.717) is 0 Å². The Morgan fingerprint density at radius 3 is 1.84 bits per heavy atom. The lowest BCUT2D eigenvalue weighted by Crippen LogP contribution is -1.98. The van der Waals surface area contributed by atoms with Crippen molar-refractivity contribution in [2.45, 2.75) is 0 Å². The van der Waals surface area contributed by atoms with Crippen LogP contribution in [0.15, 0.2) is 146 Å². The van der Waals surface area contributed by atoms with Gasteiger partial charge in [-0.25, -0.2) is 0 Å². The number of hydrogen-bond donors (Lipinski definition) is 0. The monoisotopic (exact) mass is 576 g/mol. The van der Waals surface area contributed by atoms with Crippen LogP contribution in [0, 0.1) is 0 Å². The molecule has 9 aromatic rings. The molecule has 204 valence electrons. The summed E-state index contributed by atoms with van der Waals surface area (Å²) >= 11 is 1.87. The van der Waals surface area contributed by atoms with Crippen LogP contribution in [0.25, 0.3) is 85.9 Å². The predicted octanol–water partition coefficient (Wildman–Crippen LogP) is 12.6. The van der Waals surface area contributed by atoms with Crippen molar-refractivity contribution >= 4 is 63.8 Å². The van der Waals surface area contributed by atoms with Crippen molar-refractivity contribution in [1.29, 1.82) is 0 Å². The Balaban J connectivity index is 1.16. The number of hydrogen-bond acceptors (Lipinski definition) is 2. The Kier molecular flexibility index (Phi) is 4.94. The average molecular weight is 577 g/mol. The molecule has 0 fully saturated rings. The summed E-state index contributed by atoms with van der Waals surface area (Å²) in [5.41, 5.74) is 7.40. The zero-order chi connectivity index (χ0) is 28.8. The largest absolute Gasteiger partial charge is 0.456 e. The van der Waals surface area contributed by atoms with Gasteiger partial charge in [-0.2, -0.15) is 0 Å². The predicted molar refractivity (Wildman–Crippen MR) is 188 cm³/mol. The Morgan fingerprint density at radius 2 is 1.00 bits per heavy atom. The van der Waals surface area contributed by atoms with Gasteiger partial charge < -0.3 is 4.74 Å². The topological polar surface area (TPSA) is 9.23 Å². The Bertz CT molecular complexity index is 2630. The molecule has 1 aliphatic rings. The summed E-state index contributed by atoms with van der Waals surface area (Å²) in [7, 11) is 0. The molecule has 0 N–H and O–H groups in total. The molecule has 0 spiro atoms. The van der Waals surface area contributed by atoms with Gasteiger partial charge >= 0.3 is 0 Å². The van der Waals surface area contributed by atoms with Crippen LogP contribution in [-0.2, 0) is 0 Å². The fourth-order valence-electron chi connectivity index (χ4n) is 7.24. The fraction of sp³-hybridized carbons (Fsp3) is 0. The van der Waals surface area contributed by atoms with E-state index in [4.69, 9.17) is 4.74 Å². The number of ether oxygens (including phenoxy) is 1. The van der Waals surface area contributed by atoms with Gasteiger partial charge in [-0.15, -0.1) is 11.3 Å². The maximum atomic E-state index is 6.70. The SMILES string of the molecule is c1ccc2c(-c3ccc4c(c3)sc3cc5c(cc34)Oc3cccc4c(-c6cccc7ccccc67)ccc-5c34)cccc2c1. The first-order valence-electron chi connectivity index (χ1n) is 15.0. The van der Waals surface area contributed by atoms with E-state index in [1.54, 1.807) is 0 Å². The van der Waals surface area contributed by atoms with Gasteiger partial charge in [0.15, 0.2) is 0 Å². The van der Waals surface area contributed by atoms with Gasteiger partial charge in [-0.1, -0.05) is 121 Å². The molecule has 2 heteroatoms. The summed E-state index contributed by atoms with van der Waals surface area (Å²) in [5.74, 6) is 1.84. The summed E-state index contributed by atoms with van der Waals surface area (Å²) in [6, 6.07) is 53.0. The van der Waals surface area contributed by atoms with E-state index >= 15 is 0 Å². The highest BCUT2D eigenvalue weighted by Crippen LogP contribution is 2.51. The smallest absolute Gasteiger partial charge is 0.136 e. The second-order valence-electron chi connectivity index (χ2n) is 11.7. The Morgan fingerprint density at radius 1 is 0.364 bits per heavy atom. The van der Waals surface area contributed by atoms with Crippen LogP contribution in [0.1, 0.15) is 0 Å². The summed E-state index contributed by atoms with van der Waals surface area (Å²) in [6.07, 6.45) is 0. The molecule has 10 rings (SSSR count). The van der Waals surface area contributed by atoms with Gasteiger partial charge in [0.25, 0.3) is 0 Å². The lowest BCUT2D eigenvalue weighted by molar-refractivity contribution is 0.488. The molecule has 1 nitrogen and oxygen atoms in total.